The van der Waals surface area contributed by atoms with E-state index in [0.29, 0.717) is 10.2 Å². The Hall–Kier alpha value is -1.72. The fraction of sp³-hybridized carbons (Fsp3) is 0.200. The largest absolute Gasteiger partial charge is 0.322 e. The number of hydrogen-bond donors (Lipinski definition) is 1. The number of hydrogen-bond acceptors (Lipinski definition) is 3. The van der Waals surface area contributed by atoms with Crippen LogP contribution < -0.4 is 5.32 Å². The molecule has 2 aromatic rings. The molecule has 104 valence electrons. The molecule has 1 aromatic carbocycles. The fourth-order valence-electron chi connectivity index (χ4n) is 1.86. The summed E-state index contributed by atoms with van der Waals surface area (Å²) in [6, 6.07) is 11.2. The van der Waals surface area contributed by atoms with Gasteiger partial charge in [0.15, 0.2) is 0 Å². The lowest BCUT2D eigenvalue weighted by atomic mass is 10.1. The lowest BCUT2D eigenvalue weighted by Gasteiger charge is -2.14. The molecule has 0 fully saturated rings. The molecular formula is C15H16BrN3O. The van der Waals surface area contributed by atoms with Gasteiger partial charge in [0.2, 0.25) is 0 Å². The minimum absolute atomic E-state index is 0.140. The number of carbonyl (C=O) groups excluding carboxylic acids is 1. The van der Waals surface area contributed by atoms with Gasteiger partial charge in [0, 0.05) is 24.0 Å². The Labute approximate surface area is 127 Å². The van der Waals surface area contributed by atoms with E-state index in [1.54, 1.807) is 18.3 Å². The Kier molecular flexibility index (Phi) is 4.87. The van der Waals surface area contributed by atoms with Gasteiger partial charge in [0.1, 0.15) is 4.60 Å². The molecule has 0 saturated heterocycles. The maximum Gasteiger partial charge on any atom is 0.255 e. The summed E-state index contributed by atoms with van der Waals surface area (Å²) < 4.78 is 0.645. The van der Waals surface area contributed by atoms with E-state index in [0.717, 1.165) is 17.8 Å². The van der Waals surface area contributed by atoms with E-state index in [1.807, 2.05) is 38.4 Å². The van der Waals surface area contributed by atoms with Crippen molar-refractivity contribution < 1.29 is 4.79 Å². The van der Waals surface area contributed by atoms with Gasteiger partial charge in [0.05, 0.1) is 0 Å². The van der Waals surface area contributed by atoms with E-state index in [-0.39, 0.29) is 5.91 Å². The highest BCUT2D eigenvalue weighted by molar-refractivity contribution is 9.10. The Bertz CT molecular complexity index is 614. The van der Waals surface area contributed by atoms with E-state index in [1.165, 1.54) is 0 Å². The second-order valence-corrected chi connectivity index (χ2v) is 5.53. The first-order valence-corrected chi connectivity index (χ1v) is 7.01. The van der Waals surface area contributed by atoms with E-state index >= 15 is 0 Å². The van der Waals surface area contributed by atoms with Crippen molar-refractivity contribution in [2.24, 2.45) is 0 Å². The standard InChI is InChI=1S/C15H16BrN3O/c1-19(2)10-12-5-3-4-6-13(12)18-15(20)11-7-8-17-14(16)9-11/h3-9H,10H2,1-2H3,(H,18,20). The van der Waals surface area contributed by atoms with Crippen molar-refractivity contribution >= 4 is 27.5 Å². The monoisotopic (exact) mass is 333 g/mol. The zero-order valence-corrected chi connectivity index (χ0v) is 13.0. The average Bonchev–Trinajstić information content (AvgIpc) is 2.40. The summed E-state index contributed by atoms with van der Waals surface area (Å²) in [5, 5.41) is 2.95. The molecule has 1 aromatic heterocycles. The smallest absolute Gasteiger partial charge is 0.255 e. The molecule has 0 bridgehead atoms. The lowest BCUT2D eigenvalue weighted by molar-refractivity contribution is 0.102. The predicted molar refractivity (Wildman–Crippen MR) is 83.7 cm³/mol. The van der Waals surface area contributed by atoms with Crippen LogP contribution in [-0.4, -0.2) is 29.9 Å². The van der Waals surface area contributed by atoms with Crippen molar-refractivity contribution in [1.82, 2.24) is 9.88 Å². The van der Waals surface area contributed by atoms with Crippen molar-refractivity contribution in [1.29, 1.82) is 0 Å². The van der Waals surface area contributed by atoms with Crippen LogP contribution in [0.2, 0.25) is 0 Å². The number of halogens is 1. The molecule has 1 amide bonds. The van der Waals surface area contributed by atoms with Crippen LogP contribution in [0.15, 0.2) is 47.2 Å². The van der Waals surface area contributed by atoms with Gasteiger partial charge in [-0.3, -0.25) is 4.79 Å². The second-order valence-electron chi connectivity index (χ2n) is 4.72. The number of para-hydroxylation sites is 1. The number of amides is 1. The van der Waals surface area contributed by atoms with Crippen molar-refractivity contribution in [3.05, 3.63) is 58.3 Å². The van der Waals surface area contributed by atoms with E-state index in [2.05, 4.69) is 31.1 Å². The number of benzene rings is 1. The number of pyridine rings is 1. The van der Waals surface area contributed by atoms with Gasteiger partial charge in [-0.2, -0.15) is 0 Å². The molecule has 0 aliphatic heterocycles. The minimum Gasteiger partial charge on any atom is -0.322 e. The first-order valence-electron chi connectivity index (χ1n) is 6.22. The average molecular weight is 334 g/mol. The third-order valence-corrected chi connectivity index (χ3v) is 3.17. The lowest BCUT2D eigenvalue weighted by Crippen LogP contribution is -2.16. The molecule has 0 unspecified atom stereocenters. The SMILES string of the molecule is CN(C)Cc1ccccc1NC(=O)c1ccnc(Br)c1. The zero-order valence-electron chi connectivity index (χ0n) is 11.4. The molecular weight excluding hydrogens is 318 g/mol. The van der Waals surface area contributed by atoms with Gasteiger partial charge < -0.3 is 10.2 Å². The van der Waals surface area contributed by atoms with Crippen LogP contribution in [0.25, 0.3) is 0 Å². The summed E-state index contributed by atoms with van der Waals surface area (Å²) >= 11 is 3.27. The molecule has 0 radical (unpaired) electrons. The van der Waals surface area contributed by atoms with Gasteiger partial charge in [-0.05, 0) is 53.8 Å². The molecule has 2 rings (SSSR count). The van der Waals surface area contributed by atoms with Gasteiger partial charge in [0.25, 0.3) is 5.91 Å². The van der Waals surface area contributed by atoms with Crippen LogP contribution in [0.5, 0.6) is 0 Å². The summed E-state index contributed by atoms with van der Waals surface area (Å²) in [6.07, 6.45) is 1.60. The van der Waals surface area contributed by atoms with Crippen molar-refractivity contribution in [3.8, 4) is 0 Å². The summed E-state index contributed by atoms with van der Waals surface area (Å²) in [6.45, 7) is 0.774. The number of anilines is 1. The normalized spacial score (nSPS) is 10.6. The van der Waals surface area contributed by atoms with Crippen LogP contribution >= 0.6 is 15.9 Å². The Morgan fingerprint density at radius 2 is 2.05 bits per heavy atom. The van der Waals surface area contributed by atoms with Gasteiger partial charge in [-0.15, -0.1) is 0 Å². The van der Waals surface area contributed by atoms with Crippen molar-refractivity contribution in [3.63, 3.8) is 0 Å². The third-order valence-electron chi connectivity index (χ3n) is 2.74. The van der Waals surface area contributed by atoms with Crippen LogP contribution in [0.4, 0.5) is 5.69 Å². The number of nitrogens with one attached hydrogen (secondary N) is 1. The topological polar surface area (TPSA) is 45.2 Å². The second kappa shape index (κ2) is 6.63. The van der Waals surface area contributed by atoms with E-state index in [9.17, 15) is 4.79 Å². The van der Waals surface area contributed by atoms with E-state index < -0.39 is 0 Å². The first-order chi connectivity index (χ1) is 9.56. The highest BCUT2D eigenvalue weighted by Crippen LogP contribution is 2.18. The van der Waals surface area contributed by atoms with E-state index in [4.69, 9.17) is 0 Å². The Balaban J connectivity index is 2.19. The molecule has 1 N–H and O–H groups in total. The molecule has 1 heterocycles. The molecule has 0 aliphatic carbocycles. The summed E-state index contributed by atoms with van der Waals surface area (Å²) in [4.78, 5) is 18.3. The minimum atomic E-state index is -0.140. The predicted octanol–water partition coefficient (Wildman–Crippen LogP) is 3.16. The van der Waals surface area contributed by atoms with Gasteiger partial charge in [-0.1, -0.05) is 18.2 Å². The van der Waals surface area contributed by atoms with Crippen LogP contribution in [0.3, 0.4) is 0 Å². The summed E-state index contributed by atoms with van der Waals surface area (Å²) in [5.41, 5.74) is 2.49. The zero-order chi connectivity index (χ0) is 14.5. The summed E-state index contributed by atoms with van der Waals surface area (Å²) in [5.74, 6) is -0.140. The van der Waals surface area contributed by atoms with Gasteiger partial charge >= 0.3 is 0 Å². The number of rotatable bonds is 4. The molecule has 5 heteroatoms. The third kappa shape index (κ3) is 3.88. The first kappa shape index (κ1) is 14.7. The van der Waals surface area contributed by atoms with Crippen molar-refractivity contribution in [2.75, 3.05) is 19.4 Å². The van der Waals surface area contributed by atoms with Crippen molar-refractivity contribution in [2.45, 2.75) is 6.54 Å². The number of nitrogens with zero attached hydrogens (tertiary/aromatic N) is 2. The molecule has 0 aliphatic rings. The molecule has 20 heavy (non-hydrogen) atoms. The molecule has 0 atom stereocenters. The maximum atomic E-state index is 12.2. The highest BCUT2D eigenvalue weighted by atomic mass is 79.9. The number of carbonyl (C=O) groups is 1. The maximum absolute atomic E-state index is 12.2. The summed E-state index contributed by atoms with van der Waals surface area (Å²) in [7, 11) is 4.00. The molecule has 0 saturated carbocycles. The number of aromatic nitrogens is 1. The van der Waals surface area contributed by atoms with Crippen LogP contribution in [0, 0.1) is 0 Å². The molecule has 0 spiro atoms. The quantitative estimate of drug-likeness (QED) is 0.874. The van der Waals surface area contributed by atoms with Crippen LogP contribution in [-0.2, 0) is 6.54 Å². The van der Waals surface area contributed by atoms with Crippen LogP contribution in [0.1, 0.15) is 15.9 Å². The Morgan fingerprint density at radius 1 is 1.30 bits per heavy atom. The van der Waals surface area contributed by atoms with Gasteiger partial charge in [-0.25, -0.2) is 4.98 Å². The molecule has 4 nitrogen and oxygen atoms in total. The Morgan fingerprint density at radius 3 is 2.75 bits per heavy atom. The highest BCUT2D eigenvalue weighted by Gasteiger charge is 2.09. The fourth-order valence-corrected chi connectivity index (χ4v) is 2.22.